The predicted molar refractivity (Wildman–Crippen MR) is 62.6 cm³/mol. The molecule has 1 aromatic carbocycles. The van der Waals surface area contributed by atoms with Gasteiger partial charge in [0.05, 0.1) is 6.42 Å². The van der Waals surface area contributed by atoms with Crippen LogP contribution in [-0.2, 0) is 11.2 Å². The molecule has 1 saturated heterocycles. The number of benzene rings is 1. The van der Waals surface area contributed by atoms with E-state index in [4.69, 9.17) is 5.11 Å². The summed E-state index contributed by atoms with van der Waals surface area (Å²) in [5.74, 6) is -0.155. The van der Waals surface area contributed by atoms with Crippen molar-refractivity contribution in [1.82, 2.24) is 4.90 Å². The second-order valence-electron chi connectivity index (χ2n) is 4.56. The third-order valence-electron chi connectivity index (χ3n) is 3.20. The molecule has 0 saturated carbocycles. The molecule has 3 nitrogen and oxygen atoms in total. The van der Waals surface area contributed by atoms with Gasteiger partial charge in [-0.15, -0.1) is 0 Å². The molecule has 1 unspecified atom stereocenters. The van der Waals surface area contributed by atoms with Crippen LogP contribution in [0, 0.1) is 0 Å². The largest absolute Gasteiger partial charge is 0.481 e. The fourth-order valence-corrected chi connectivity index (χ4v) is 2.29. The molecular weight excluding hydrogens is 202 g/mol. The van der Waals surface area contributed by atoms with E-state index in [2.05, 4.69) is 24.1 Å². The minimum absolute atomic E-state index is 0.116. The Kier molecular flexibility index (Phi) is 3.25. The van der Waals surface area contributed by atoms with Crippen molar-refractivity contribution in [1.29, 1.82) is 0 Å². The SMILES string of the molecule is CN1CCC(c2ccc(CC(=O)O)cc2)C1. The lowest BCUT2D eigenvalue weighted by Crippen LogP contribution is -2.13. The van der Waals surface area contributed by atoms with Crippen molar-refractivity contribution < 1.29 is 9.90 Å². The third kappa shape index (κ3) is 2.61. The van der Waals surface area contributed by atoms with E-state index in [9.17, 15) is 4.79 Å². The van der Waals surface area contributed by atoms with Crippen LogP contribution in [0.4, 0.5) is 0 Å². The summed E-state index contributed by atoms with van der Waals surface area (Å²) in [5.41, 5.74) is 2.21. The Morgan fingerprint density at radius 1 is 1.44 bits per heavy atom. The van der Waals surface area contributed by atoms with Crippen LogP contribution in [-0.4, -0.2) is 36.1 Å². The summed E-state index contributed by atoms with van der Waals surface area (Å²) in [5, 5.41) is 8.68. The first kappa shape index (κ1) is 11.1. The molecule has 0 bridgehead atoms. The molecular formula is C13H17NO2. The van der Waals surface area contributed by atoms with Gasteiger partial charge in [0.15, 0.2) is 0 Å². The maximum Gasteiger partial charge on any atom is 0.307 e. The molecule has 0 radical (unpaired) electrons. The maximum atomic E-state index is 10.5. The van der Waals surface area contributed by atoms with Crippen LogP contribution in [0.2, 0.25) is 0 Å². The van der Waals surface area contributed by atoms with E-state index in [1.54, 1.807) is 0 Å². The van der Waals surface area contributed by atoms with E-state index in [0.29, 0.717) is 5.92 Å². The first-order valence-corrected chi connectivity index (χ1v) is 5.64. The molecule has 86 valence electrons. The zero-order valence-electron chi connectivity index (χ0n) is 9.52. The lowest BCUT2D eigenvalue weighted by atomic mass is 9.97. The van der Waals surface area contributed by atoms with E-state index in [1.165, 1.54) is 12.0 Å². The second-order valence-corrected chi connectivity index (χ2v) is 4.56. The lowest BCUT2D eigenvalue weighted by molar-refractivity contribution is -0.136. The van der Waals surface area contributed by atoms with Gasteiger partial charge in [-0.2, -0.15) is 0 Å². The van der Waals surface area contributed by atoms with Crippen LogP contribution >= 0.6 is 0 Å². The van der Waals surface area contributed by atoms with Crippen LogP contribution in [0.15, 0.2) is 24.3 Å². The molecule has 16 heavy (non-hydrogen) atoms. The lowest BCUT2D eigenvalue weighted by Gasteiger charge is -2.11. The summed E-state index contributed by atoms with van der Waals surface area (Å²) >= 11 is 0. The molecule has 1 aliphatic rings. The van der Waals surface area contributed by atoms with Gasteiger partial charge >= 0.3 is 5.97 Å². The molecule has 2 rings (SSSR count). The number of carboxylic acid groups (broad SMARTS) is 1. The van der Waals surface area contributed by atoms with Crippen molar-refractivity contribution in [2.24, 2.45) is 0 Å². The van der Waals surface area contributed by atoms with E-state index >= 15 is 0 Å². The summed E-state index contributed by atoms with van der Waals surface area (Å²) in [4.78, 5) is 12.9. The molecule has 1 aliphatic heterocycles. The normalized spacial score (nSPS) is 21.2. The van der Waals surface area contributed by atoms with Crippen molar-refractivity contribution in [2.45, 2.75) is 18.8 Å². The van der Waals surface area contributed by atoms with Crippen molar-refractivity contribution in [2.75, 3.05) is 20.1 Å². The van der Waals surface area contributed by atoms with Gasteiger partial charge in [-0.3, -0.25) is 4.79 Å². The summed E-state index contributed by atoms with van der Waals surface area (Å²) in [6, 6.07) is 8.01. The number of likely N-dealkylation sites (tertiary alicyclic amines) is 1. The first-order chi connectivity index (χ1) is 7.65. The Morgan fingerprint density at radius 3 is 2.62 bits per heavy atom. The fourth-order valence-electron chi connectivity index (χ4n) is 2.29. The number of hydrogen-bond acceptors (Lipinski definition) is 2. The van der Waals surface area contributed by atoms with Gasteiger partial charge in [0.25, 0.3) is 0 Å². The molecule has 1 aromatic rings. The first-order valence-electron chi connectivity index (χ1n) is 5.64. The van der Waals surface area contributed by atoms with Crippen LogP contribution in [0.5, 0.6) is 0 Å². The average molecular weight is 219 g/mol. The van der Waals surface area contributed by atoms with Crippen molar-refractivity contribution >= 4 is 5.97 Å². The van der Waals surface area contributed by atoms with Gasteiger partial charge in [-0.1, -0.05) is 24.3 Å². The van der Waals surface area contributed by atoms with Gasteiger partial charge in [0, 0.05) is 6.54 Å². The Hall–Kier alpha value is -1.35. The summed E-state index contributed by atoms with van der Waals surface area (Å²) < 4.78 is 0. The predicted octanol–water partition coefficient (Wildman–Crippen LogP) is 1.73. The highest BCUT2D eigenvalue weighted by atomic mass is 16.4. The van der Waals surface area contributed by atoms with E-state index in [0.717, 1.165) is 18.7 Å². The van der Waals surface area contributed by atoms with Crippen molar-refractivity contribution in [3.8, 4) is 0 Å². The number of carboxylic acids is 1. The van der Waals surface area contributed by atoms with E-state index < -0.39 is 5.97 Å². The van der Waals surface area contributed by atoms with Crippen molar-refractivity contribution in [3.63, 3.8) is 0 Å². The Bertz CT molecular complexity index is 372. The maximum absolute atomic E-state index is 10.5. The Balaban J connectivity index is 2.04. The topological polar surface area (TPSA) is 40.5 Å². The molecule has 1 heterocycles. The molecule has 3 heteroatoms. The Labute approximate surface area is 95.7 Å². The van der Waals surface area contributed by atoms with Crippen LogP contribution in [0.1, 0.15) is 23.5 Å². The highest BCUT2D eigenvalue weighted by Crippen LogP contribution is 2.26. The monoisotopic (exact) mass is 219 g/mol. The number of hydrogen-bond donors (Lipinski definition) is 1. The van der Waals surface area contributed by atoms with Gasteiger partial charge in [0.1, 0.15) is 0 Å². The van der Waals surface area contributed by atoms with Crippen LogP contribution in [0.25, 0.3) is 0 Å². The minimum atomic E-state index is -0.770. The zero-order chi connectivity index (χ0) is 11.5. The molecule has 0 aromatic heterocycles. The standard InChI is InChI=1S/C13H17NO2/c1-14-7-6-12(9-14)11-4-2-10(3-5-11)8-13(15)16/h2-5,12H,6-9H2,1H3,(H,15,16). The molecule has 1 atom stereocenters. The molecule has 0 spiro atoms. The molecule has 0 aliphatic carbocycles. The van der Waals surface area contributed by atoms with Crippen LogP contribution < -0.4 is 0 Å². The van der Waals surface area contributed by atoms with Gasteiger partial charge in [-0.25, -0.2) is 0 Å². The average Bonchev–Trinajstić information content (AvgIpc) is 2.65. The second kappa shape index (κ2) is 4.66. The number of likely N-dealkylation sites (N-methyl/N-ethyl adjacent to an activating group) is 1. The van der Waals surface area contributed by atoms with E-state index in [-0.39, 0.29) is 6.42 Å². The minimum Gasteiger partial charge on any atom is -0.481 e. The summed E-state index contributed by atoms with van der Waals surface area (Å²) in [6.07, 6.45) is 1.32. The number of rotatable bonds is 3. The summed E-state index contributed by atoms with van der Waals surface area (Å²) in [7, 11) is 2.14. The Morgan fingerprint density at radius 2 is 2.12 bits per heavy atom. The smallest absolute Gasteiger partial charge is 0.307 e. The number of nitrogens with zero attached hydrogens (tertiary/aromatic N) is 1. The molecule has 1 N–H and O–H groups in total. The molecule has 0 amide bonds. The quantitative estimate of drug-likeness (QED) is 0.841. The fraction of sp³-hybridized carbons (Fsp3) is 0.462. The van der Waals surface area contributed by atoms with E-state index in [1.807, 2.05) is 12.1 Å². The van der Waals surface area contributed by atoms with Gasteiger partial charge in [-0.05, 0) is 37.1 Å². The van der Waals surface area contributed by atoms with Crippen LogP contribution in [0.3, 0.4) is 0 Å². The van der Waals surface area contributed by atoms with Gasteiger partial charge in [0.2, 0.25) is 0 Å². The highest BCUT2D eigenvalue weighted by Gasteiger charge is 2.20. The highest BCUT2D eigenvalue weighted by molar-refractivity contribution is 5.70. The zero-order valence-corrected chi connectivity index (χ0v) is 9.52. The van der Waals surface area contributed by atoms with Crippen molar-refractivity contribution in [3.05, 3.63) is 35.4 Å². The summed E-state index contributed by atoms with van der Waals surface area (Å²) in [6.45, 7) is 2.26. The van der Waals surface area contributed by atoms with Gasteiger partial charge < -0.3 is 10.0 Å². The number of aliphatic carboxylic acids is 1. The number of carbonyl (C=O) groups is 1. The molecule has 1 fully saturated rings. The third-order valence-corrected chi connectivity index (χ3v) is 3.20.